The molecule has 0 unspecified atom stereocenters. The Hall–Kier alpha value is -2.04. The number of anilines is 1. The Kier molecular flexibility index (Phi) is 5.07. The second-order valence-electron chi connectivity index (χ2n) is 6.74. The minimum Gasteiger partial charge on any atom is -0.497 e. The molecule has 2 aliphatic rings. The maximum absolute atomic E-state index is 12.5. The number of rotatable bonds is 5. The number of carbonyl (C=O) groups excluding carboxylic acids is 2. The van der Waals surface area contributed by atoms with Crippen LogP contribution in [0.25, 0.3) is 0 Å². The predicted octanol–water partition coefficient (Wildman–Crippen LogP) is 3.31. The van der Waals surface area contributed by atoms with Crippen molar-refractivity contribution in [1.82, 2.24) is 0 Å². The third-order valence-electron chi connectivity index (χ3n) is 5.11. The van der Waals surface area contributed by atoms with Crippen LogP contribution in [-0.4, -0.2) is 31.1 Å². The Labute approximate surface area is 142 Å². The molecule has 1 saturated carbocycles. The van der Waals surface area contributed by atoms with Gasteiger partial charge in [0, 0.05) is 12.6 Å². The van der Waals surface area contributed by atoms with Crippen LogP contribution < -0.4 is 9.64 Å². The molecular weight excluding hydrogens is 306 g/mol. The van der Waals surface area contributed by atoms with Gasteiger partial charge in [-0.3, -0.25) is 9.59 Å². The van der Waals surface area contributed by atoms with Crippen LogP contribution in [-0.2, 0) is 14.3 Å². The van der Waals surface area contributed by atoms with Crippen LogP contribution in [0.4, 0.5) is 5.69 Å². The lowest BCUT2D eigenvalue weighted by Gasteiger charge is -2.47. The van der Waals surface area contributed by atoms with Crippen molar-refractivity contribution in [2.75, 3.05) is 12.0 Å². The van der Waals surface area contributed by atoms with Gasteiger partial charge in [0.25, 0.3) is 5.91 Å². The van der Waals surface area contributed by atoms with Gasteiger partial charge in [-0.1, -0.05) is 32.1 Å². The monoisotopic (exact) mass is 331 g/mol. The number of benzene rings is 1. The summed E-state index contributed by atoms with van der Waals surface area (Å²) in [6.07, 6.45) is 6.48. The highest BCUT2D eigenvalue weighted by Crippen LogP contribution is 2.38. The fourth-order valence-electron chi connectivity index (χ4n) is 3.88. The van der Waals surface area contributed by atoms with Gasteiger partial charge < -0.3 is 14.4 Å². The van der Waals surface area contributed by atoms with Crippen molar-refractivity contribution in [2.45, 2.75) is 57.6 Å². The van der Waals surface area contributed by atoms with Crippen molar-refractivity contribution < 1.29 is 19.1 Å². The second kappa shape index (κ2) is 7.24. The summed E-state index contributed by atoms with van der Waals surface area (Å²) in [4.78, 5) is 25.6. The van der Waals surface area contributed by atoms with E-state index in [0.29, 0.717) is 5.92 Å². The highest BCUT2D eigenvalue weighted by atomic mass is 16.6. The average molecular weight is 331 g/mol. The Bertz CT molecular complexity index is 592. The molecule has 0 N–H and O–H groups in total. The largest absolute Gasteiger partial charge is 0.497 e. The number of hydrogen-bond acceptors (Lipinski definition) is 4. The first-order valence-electron chi connectivity index (χ1n) is 8.74. The fraction of sp³-hybridized carbons (Fsp3) is 0.579. The Morgan fingerprint density at radius 2 is 1.83 bits per heavy atom. The molecule has 1 aliphatic heterocycles. The number of carbonyl (C=O) groups is 2. The van der Waals surface area contributed by atoms with E-state index >= 15 is 0 Å². The molecule has 1 aliphatic carbocycles. The van der Waals surface area contributed by atoms with E-state index in [-0.39, 0.29) is 11.9 Å². The first-order valence-corrected chi connectivity index (χ1v) is 8.74. The van der Waals surface area contributed by atoms with Crippen molar-refractivity contribution in [3.05, 3.63) is 24.3 Å². The SMILES string of the molecule is COc1ccc(N2C(=O)[C@H](OC(C)=O)[C@@H]2CC2CCCCC2)cc1. The Morgan fingerprint density at radius 3 is 2.42 bits per heavy atom. The van der Waals surface area contributed by atoms with Gasteiger partial charge in [0.05, 0.1) is 13.2 Å². The lowest BCUT2D eigenvalue weighted by Crippen LogP contribution is -2.67. The first-order chi connectivity index (χ1) is 11.6. The summed E-state index contributed by atoms with van der Waals surface area (Å²) >= 11 is 0. The molecule has 5 nitrogen and oxygen atoms in total. The molecule has 1 amide bonds. The summed E-state index contributed by atoms with van der Waals surface area (Å²) in [6, 6.07) is 7.40. The van der Waals surface area contributed by atoms with Crippen LogP contribution in [0.5, 0.6) is 5.75 Å². The quantitative estimate of drug-likeness (QED) is 0.613. The average Bonchev–Trinajstić information content (AvgIpc) is 2.61. The number of amides is 1. The lowest BCUT2D eigenvalue weighted by atomic mass is 9.80. The fourth-order valence-corrected chi connectivity index (χ4v) is 3.88. The molecule has 1 heterocycles. The highest BCUT2D eigenvalue weighted by Gasteiger charge is 2.51. The lowest BCUT2D eigenvalue weighted by molar-refractivity contribution is -0.161. The maximum atomic E-state index is 12.5. The van der Waals surface area contributed by atoms with Gasteiger partial charge >= 0.3 is 5.97 Å². The molecule has 2 fully saturated rings. The van der Waals surface area contributed by atoms with Crippen molar-refractivity contribution in [3.8, 4) is 5.75 Å². The zero-order valence-electron chi connectivity index (χ0n) is 14.4. The third kappa shape index (κ3) is 3.40. The summed E-state index contributed by atoms with van der Waals surface area (Å²) < 4.78 is 10.5. The van der Waals surface area contributed by atoms with Crippen LogP contribution in [0.3, 0.4) is 0 Å². The van der Waals surface area contributed by atoms with Crippen molar-refractivity contribution >= 4 is 17.6 Å². The maximum Gasteiger partial charge on any atom is 0.303 e. The van der Waals surface area contributed by atoms with Crippen LogP contribution in [0.2, 0.25) is 0 Å². The van der Waals surface area contributed by atoms with Crippen LogP contribution in [0.1, 0.15) is 45.4 Å². The van der Waals surface area contributed by atoms with E-state index in [9.17, 15) is 9.59 Å². The summed E-state index contributed by atoms with van der Waals surface area (Å²) in [5.41, 5.74) is 0.838. The molecule has 5 heteroatoms. The molecule has 130 valence electrons. The Morgan fingerprint density at radius 1 is 1.17 bits per heavy atom. The van der Waals surface area contributed by atoms with E-state index in [1.54, 1.807) is 12.0 Å². The van der Waals surface area contributed by atoms with Gasteiger partial charge in [-0.15, -0.1) is 0 Å². The summed E-state index contributed by atoms with van der Waals surface area (Å²) in [5.74, 6) is 0.843. The van der Waals surface area contributed by atoms with Crippen molar-refractivity contribution in [3.63, 3.8) is 0 Å². The van der Waals surface area contributed by atoms with Gasteiger partial charge in [0.1, 0.15) is 5.75 Å². The van der Waals surface area contributed by atoms with E-state index in [1.807, 2.05) is 24.3 Å². The van der Waals surface area contributed by atoms with E-state index in [2.05, 4.69) is 0 Å². The molecule has 24 heavy (non-hydrogen) atoms. The molecule has 1 aromatic carbocycles. The molecular formula is C19H25NO4. The van der Waals surface area contributed by atoms with Crippen LogP contribution in [0.15, 0.2) is 24.3 Å². The molecule has 1 saturated heterocycles. The number of ether oxygens (including phenoxy) is 2. The van der Waals surface area contributed by atoms with Gasteiger partial charge in [0.15, 0.2) is 0 Å². The zero-order valence-corrected chi connectivity index (χ0v) is 14.4. The molecule has 0 radical (unpaired) electrons. The standard InChI is InChI=1S/C19H25NO4/c1-13(21)24-18-17(12-14-6-4-3-5-7-14)20(19(18)22)15-8-10-16(23-2)11-9-15/h8-11,14,17-18H,3-7,12H2,1-2H3/t17-,18+/m0/s1. The number of esters is 1. The minimum absolute atomic E-state index is 0.0575. The van der Waals surface area contributed by atoms with Crippen LogP contribution in [0, 0.1) is 5.92 Å². The topological polar surface area (TPSA) is 55.8 Å². The van der Waals surface area contributed by atoms with Crippen molar-refractivity contribution in [1.29, 1.82) is 0 Å². The van der Waals surface area contributed by atoms with E-state index in [4.69, 9.17) is 9.47 Å². The summed E-state index contributed by atoms with van der Waals surface area (Å²) in [7, 11) is 1.62. The summed E-state index contributed by atoms with van der Waals surface area (Å²) in [6.45, 7) is 1.36. The normalized spacial score (nSPS) is 24.4. The molecule has 2 atom stereocenters. The first kappa shape index (κ1) is 16.8. The van der Waals surface area contributed by atoms with Gasteiger partial charge in [-0.05, 0) is 36.6 Å². The van der Waals surface area contributed by atoms with E-state index in [1.165, 1.54) is 39.0 Å². The molecule has 0 bridgehead atoms. The Balaban J connectivity index is 1.76. The number of methoxy groups -OCH3 is 1. The van der Waals surface area contributed by atoms with E-state index in [0.717, 1.165) is 17.9 Å². The number of nitrogens with zero attached hydrogens (tertiary/aromatic N) is 1. The highest BCUT2D eigenvalue weighted by molar-refractivity contribution is 6.05. The second-order valence-corrected chi connectivity index (χ2v) is 6.74. The third-order valence-corrected chi connectivity index (χ3v) is 5.11. The summed E-state index contributed by atoms with van der Waals surface area (Å²) in [5, 5.41) is 0. The molecule has 0 spiro atoms. The number of hydrogen-bond donors (Lipinski definition) is 0. The van der Waals surface area contributed by atoms with Gasteiger partial charge in [-0.25, -0.2) is 0 Å². The van der Waals surface area contributed by atoms with Crippen LogP contribution >= 0.6 is 0 Å². The predicted molar refractivity (Wildman–Crippen MR) is 91.0 cm³/mol. The smallest absolute Gasteiger partial charge is 0.303 e. The minimum atomic E-state index is -0.633. The van der Waals surface area contributed by atoms with Gasteiger partial charge in [-0.2, -0.15) is 0 Å². The molecule has 1 aromatic rings. The molecule has 0 aromatic heterocycles. The van der Waals surface area contributed by atoms with Crippen molar-refractivity contribution in [2.24, 2.45) is 5.92 Å². The van der Waals surface area contributed by atoms with E-state index < -0.39 is 12.1 Å². The number of β-lactam (4-membered cyclic amide) rings is 1. The molecule has 3 rings (SSSR count). The van der Waals surface area contributed by atoms with Gasteiger partial charge in [0.2, 0.25) is 6.10 Å². The zero-order chi connectivity index (χ0) is 17.1.